The number of hydrogen-bond acceptors (Lipinski definition) is 3. The average Bonchev–Trinajstić information content (AvgIpc) is 2.17. The number of rotatable bonds is 3. The van der Waals surface area contributed by atoms with E-state index in [1.165, 1.54) is 12.3 Å². The molecule has 15 heavy (non-hydrogen) atoms. The van der Waals surface area contributed by atoms with E-state index in [2.05, 4.69) is 10.2 Å². The molecule has 78 valence electrons. The molecule has 5 N–H and O–H groups in total. The lowest BCUT2D eigenvalue weighted by molar-refractivity contribution is -0.457. The van der Waals surface area contributed by atoms with Crippen LogP contribution in [0.25, 0.3) is 0 Å². The molecule has 0 fully saturated rings. The third kappa shape index (κ3) is 3.07. The molecule has 1 aromatic carbocycles. The first kappa shape index (κ1) is 10.6. The van der Waals surface area contributed by atoms with Crippen LogP contribution in [0.15, 0.2) is 29.4 Å². The number of nitro groups is 1. The Kier molecular flexibility index (Phi) is 3.33. The highest BCUT2D eigenvalue weighted by molar-refractivity contribution is 5.81. The molecule has 0 bridgehead atoms. The van der Waals surface area contributed by atoms with E-state index >= 15 is 0 Å². The highest BCUT2D eigenvalue weighted by Gasteiger charge is 2.11. The Morgan fingerprint density at radius 3 is 2.73 bits per heavy atom. The molecule has 7 heteroatoms. The molecular formula is C8H10N5O2+. The maximum Gasteiger partial charge on any atom is 0.282 e. The third-order valence-electron chi connectivity index (χ3n) is 1.55. The van der Waals surface area contributed by atoms with Crippen molar-refractivity contribution in [1.82, 2.24) is 0 Å². The summed E-state index contributed by atoms with van der Waals surface area (Å²) >= 11 is 0. The van der Waals surface area contributed by atoms with Crippen molar-refractivity contribution in [2.75, 3.05) is 0 Å². The van der Waals surface area contributed by atoms with E-state index in [1.807, 2.05) is 0 Å². The van der Waals surface area contributed by atoms with Gasteiger partial charge in [0, 0.05) is 11.2 Å². The fraction of sp³-hybridized carbons (Fsp3) is 0. The summed E-state index contributed by atoms with van der Waals surface area (Å²) in [6.45, 7) is 0. The van der Waals surface area contributed by atoms with E-state index in [1.54, 1.807) is 18.2 Å². The van der Waals surface area contributed by atoms with Gasteiger partial charge in [-0.3, -0.25) is 10.1 Å². The first-order valence-corrected chi connectivity index (χ1v) is 4.02. The van der Waals surface area contributed by atoms with Crippen LogP contribution in [-0.2, 0) is 0 Å². The van der Waals surface area contributed by atoms with Gasteiger partial charge in [0.15, 0.2) is 0 Å². The van der Waals surface area contributed by atoms with E-state index in [0.29, 0.717) is 5.56 Å². The SMILES string of the molecule is NC(N)=N/[NH+]=C/c1ccccc1[N+](=O)[O-]. The zero-order valence-corrected chi connectivity index (χ0v) is 7.75. The molecule has 0 spiro atoms. The Hall–Kier alpha value is -2.44. The first-order chi connectivity index (χ1) is 7.11. The van der Waals surface area contributed by atoms with Crippen molar-refractivity contribution in [1.29, 1.82) is 0 Å². The summed E-state index contributed by atoms with van der Waals surface area (Å²) in [6, 6.07) is 6.22. The molecule has 0 aliphatic carbocycles. The number of nitrogens with zero attached hydrogens (tertiary/aromatic N) is 2. The van der Waals surface area contributed by atoms with Crippen LogP contribution in [0.5, 0.6) is 0 Å². The van der Waals surface area contributed by atoms with Crippen LogP contribution in [0.3, 0.4) is 0 Å². The van der Waals surface area contributed by atoms with Crippen LogP contribution in [-0.4, -0.2) is 17.1 Å². The smallest absolute Gasteiger partial charge is 0.282 e. The van der Waals surface area contributed by atoms with Crippen molar-refractivity contribution in [3.05, 3.63) is 39.9 Å². The number of nitrogens with two attached hydrogens (primary N) is 2. The zero-order valence-electron chi connectivity index (χ0n) is 7.75. The molecule has 0 heterocycles. The Bertz CT molecular complexity index is 423. The number of hydrazone groups is 1. The van der Waals surface area contributed by atoms with Crippen LogP contribution in [0.4, 0.5) is 5.69 Å². The number of nitro benzene ring substituents is 1. The van der Waals surface area contributed by atoms with Gasteiger partial charge in [-0.15, -0.1) is 5.10 Å². The van der Waals surface area contributed by atoms with E-state index in [0.717, 1.165) is 0 Å². The lowest BCUT2D eigenvalue weighted by atomic mass is 10.2. The molecule has 0 aliphatic rings. The van der Waals surface area contributed by atoms with Crippen LogP contribution >= 0.6 is 0 Å². The standard InChI is InChI=1S/C8H9N5O2/c9-8(10)12-11-5-6-3-1-2-4-7(6)13(14)15/h1-5H,(H4,9,10,12)/p+1/b11-5+. The van der Waals surface area contributed by atoms with Crippen molar-refractivity contribution in [3.8, 4) is 0 Å². The minimum Gasteiger partial charge on any atom is -0.365 e. The maximum absolute atomic E-state index is 10.6. The summed E-state index contributed by atoms with van der Waals surface area (Å²) in [5.41, 5.74) is 10.5. The highest BCUT2D eigenvalue weighted by atomic mass is 16.6. The summed E-state index contributed by atoms with van der Waals surface area (Å²) in [5.74, 6) is -0.148. The molecule has 7 nitrogen and oxygen atoms in total. The van der Waals surface area contributed by atoms with Crippen LogP contribution in [0.1, 0.15) is 5.56 Å². The van der Waals surface area contributed by atoms with Crippen molar-refractivity contribution < 1.29 is 10.0 Å². The molecule has 0 radical (unpaired) electrons. The topological polar surface area (TPSA) is 122 Å². The molecular weight excluding hydrogens is 198 g/mol. The van der Waals surface area contributed by atoms with E-state index in [-0.39, 0.29) is 11.6 Å². The second-order valence-corrected chi connectivity index (χ2v) is 2.63. The van der Waals surface area contributed by atoms with Crippen molar-refractivity contribution in [2.45, 2.75) is 0 Å². The predicted octanol–water partition coefficient (Wildman–Crippen LogP) is -1.72. The van der Waals surface area contributed by atoms with E-state index in [4.69, 9.17) is 11.5 Å². The summed E-state index contributed by atoms with van der Waals surface area (Å²) in [7, 11) is 0. The largest absolute Gasteiger partial charge is 0.365 e. The second kappa shape index (κ2) is 4.70. The Morgan fingerprint density at radius 2 is 2.13 bits per heavy atom. The Morgan fingerprint density at radius 1 is 1.47 bits per heavy atom. The molecule has 1 rings (SSSR count). The van der Waals surface area contributed by atoms with Crippen molar-refractivity contribution in [2.24, 2.45) is 16.6 Å². The molecule has 0 unspecified atom stereocenters. The number of guanidine groups is 1. The molecule has 0 atom stereocenters. The van der Waals surface area contributed by atoms with Gasteiger partial charge in [0.05, 0.1) is 4.92 Å². The lowest BCUT2D eigenvalue weighted by Gasteiger charge is -1.91. The van der Waals surface area contributed by atoms with Gasteiger partial charge in [-0.05, 0) is 6.07 Å². The highest BCUT2D eigenvalue weighted by Crippen LogP contribution is 2.13. The second-order valence-electron chi connectivity index (χ2n) is 2.63. The van der Waals surface area contributed by atoms with Crippen LogP contribution < -0.4 is 16.6 Å². The Balaban J connectivity index is 2.99. The molecule has 0 saturated heterocycles. The minimum atomic E-state index is -0.483. The number of benzene rings is 1. The molecule has 0 saturated carbocycles. The fourth-order valence-electron chi connectivity index (χ4n) is 0.952. The van der Waals surface area contributed by atoms with Crippen molar-refractivity contribution in [3.63, 3.8) is 0 Å². The fourth-order valence-corrected chi connectivity index (χ4v) is 0.952. The van der Waals surface area contributed by atoms with Crippen LogP contribution in [0.2, 0.25) is 0 Å². The summed E-state index contributed by atoms with van der Waals surface area (Å²) < 4.78 is 0. The monoisotopic (exact) mass is 208 g/mol. The Labute approximate surface area is 85.3 Å². The molecule has 0 aliphatic heterocycles. The van der Waals surface area contributed by atoms with Gasteiger partial charge in [-0.1, -0.05) is 12.1 Å². The number of nitrogens with one attached hydrogen (secondary N) is 1. The summed E-state index contributed by atoms with van der Waals surface area (Å²) in [6.07, 6.45) is 1.35. The molecule has 1 aromatic rings. The average molecular weight is 208 g/mol. The lowest BCUT2D eigenvalue weighted by Crippen LogP contribution is -2.63. The van der Waals surface area contributed by atoms with Gasteiger partial charge in [0.2, 0.25) is 6.21 Å². The van der Waals surface area contributed by atoms with Gasteiger partial charge >= 0.3 is 0 Å². The zero-order chi connectivity index (χ0) is 11.3. The van der Waals surface area contributed by atoms with Gasteiger partial charge in [0.25, 0.3) is 11.6 Å². The first-order valence-electron chi connectivity index (χ1n) is 4.02. The van der Waals surface area contributed by atoms with E-state index < -0.39 is 4.92 Å². The molecule has 0 amide bonds. The van der Waals surface area contributed by atoms with Crippen molar-refractivity contribution >= 4 is 17.9 Å². The number of hydrogen-bond donors (Lipinski definition) is 3. The van der Waals surface area contributed by atoms with Gasteiger partial charge in [-0.25, -0.2) is 0 Å². The normalized spacial score (nSPS) is 10.1. The summed E-state index contributed by atoms with van der Waals surface area (Å²) in [5, 5.41) is 16.5. The minimum absolute atomic E-state index is 0.0178. The van der Waals surface area contributed by atoms with E-state index in [9.17, 15) is 10.1 Å². The van der Waals surface area contributed by atoms with Crippen LogP contribution in [0, 0.1) is 10.1 Å². The van der Waals surface area contributed by atoms with Gasteiger partial charge in [-0.2, -0.15) is 0 Å². The molecule has 0 aromatic heterocycles. The number of para-hydroxylation sites is 1. The maximum atomic E-state index is 10.6. The van der Waals surface area contributed by atoms with Gasteiger partial charge < -0.3 is 11.5 Å². The third-order valence-corrected chi connectivity index (χ3v) is 1.55. The quantitative estimate of drug-likeness (QED) is 0.237. The predicted molar refractivity (Wildman–Crippen MR) is 55.0 cm³/mol. The van der Waals surface area contributed by atoms with Gasteiger partial charge in [0.1, 0.15) is 5.56 Å². The summed E-state index contributed by atoms with van der Waals surface area (Å²) in [4.78, 5) is 10.1.